The fourth-order valence-corrected chi connectivity index (χ4v) is 4.05. The highest BCUT2D eigenvalue weighted by atomic mass is 16.5. The topological polar surface area (TPSA) is 60.4 Å². The quantitative estimate of drug-likeness (QED) is 0.548. The Balaban J connectivity index is 1.96. The molecule has 0 unspecified atom stereocenters. The highest BCUT2D eigenvalue weighted by Crippen LogP contribution is 2.54. The van der Waals surface area contributed by atoms with Crippen LogP contribution in [0, 0.1) is 17.3 Å². The Kier molecular flexibility index (Phi) is 2.61. The third kappa shape index (κ3) is 1.35. The lowest BCUT2D eigenvalue weighted by atomic mass is 9.50. The molecule has 4 aliphatic rings. The van der Waals surface area contributed by atoms with Crippen LogP contribution in [0.1, 0.15) is 32.1 Å². The molecule has 0 aromatic carbocycles. The minimum Gasteiger partial charge on any atom is -0.464 e. The van der Waals surface area contributed by atoms with E-state index in [2.05, 4.69) is 0 Å². The molecule has 4 atom stereocenters. The van der Waals surface area contributed by atoms with Crippen LogP contribution in [-0.2, 0) is 19.1 Å². The first kappa shape index (κ1) is 11.6. The first-order valence-electron chi connectivity index (χ1n) is 6.54. The fourth-order valence-electron chi connectivity index (χ4n) is 4.05. The van der Waals surface area contributed by atoms with Gasteiger partial charge in [-0.2, -0.15) is 0 Å². The van der Waals surface area contributed by atoms with E-state index in [1.54, 1.807) is 6.08 Å². The molecule has 0 N–H and O–H groups in total. The monoisotopic (exact) mass is 248 g/mol. The van der Waals surface area contributed by atoms with Gasteiger partial charge in [-0.25, -0.2) is 0 Å². The molecular weight excluding hydrogens is 232 g/mol. The highest BCUT2D eigenvalue weighted by Gasteiger charge is 2.61. The second-order valence-electron chi connectivity index (χ2n) is 5.53. The standard InChI is InChI=1S/C14H16O4/c15-8-18-11-7-9-4-5-10(11)13(17)14(9)6-2-1-3-12(14)16/h1,3,8-11H,2,4-7H2/t9-,10+,11-,14-/m0/s1. The summed E-state index contributed by atoms with van der Waals surface area (Å²) in [4.78, 5) is 35.3. The van der Waals surface area contributed by atoms with E-state index < -0.39 is 5.41 Å². The molecule has 2 bridgehead atoms. The fraction of sp³-hybridized carbons (Fsp3) is 0.643. The van der Waals surface area contributed by atoms with Gasteiger partial charge in [-0.05, 0) is 44.1 Å². The molecule has 0 aromatic heterocycles. The molecule has 0 radical (unpaired) electrons. The Labute approximate surface area is 105 Å². The number of carbonyl (C=O) groups is 3. The van der Waals surface area contributed by atoms with Gasteiger partial charge in [-0.15, -0.1) is 0 Å². The third-order valence-corrected chi connectivity index (χ3v) is 4.91. The number of carbonyl (C=O) groups excluding carboxylic acids is 3. The molecule has 18 heavy (non-hydrogen) atoms. The molecule has 1 spiro atoms. The zero-order chi connectivity index (χ0) is 12.8. The van der Waals surface area contributed by atoms with Crippen LogP contribution in [0.3, 0.4) is 0 Å². The van der Waals surface area contributed by atoms with E-state index in [1.165, 1.54) is 0 Å². The zero-order valence-corrected chi connectivity index (χ0v) is 10.1. The molecule has 4 nitrogen and oxygen atoms in total. The smallest absolute Gasteiger partial charge is 0.293 e. The van der Waals surface area contributed by atoms with Gasteiger partial charge >= 0.3 is 0 Å². The molecule has 0 amide bonds. The Morgan fingerprint density at radius 1 is 1.33 bits per heavy atom. The Hall–Kier alpha value is -1.45. The van der Waals surface area contributed by atoms with Gasteiger partial charge in [0.1, 0.15) is 6.10 Å². The van der Waals surface area contributed by atoms with Gasteiger partial charge in [-0.3, -0.25) is 14.4 Å². The number of Topliss-reactive ketones (excluding diaryl/α,β-unsaturated/α-hetero) is 1. The van der Waals surface area contributed by atoms with Crippen LogP contribution in [0.25, 0.3) is 0 Å². The third-order valence-electron chi connectivity index (χ3n) is 4.91. The van der Waals surface area contributed by atoms with Crippen LogP contribution < -0.4 is 0 Å². The van der Waals surface area contributed by atoms with Crippen molar-refractivity contribution in [1.82, 2.24) is 0 Å². The predicted molar refractivity (Wildman–Crippen MR) is 62.6 cm³/mol. The number of rotatable bonds is 2. The van der Waals surface area contributed by atoms with E-state index >= 15 is 0 Å². The minimum atomic E-state index is -0.791. The molecule has 0 aliphatic heterocycles. The van der Waals surface area contributed by atoms with Crippen LogP contribution in [0.15, 0.2) is 12.2 Å². The van der Waals surface area contributed by atoms with E-state index in [9.17, 15) is 14.4 Å². The molecular formula is C14H16O4. The van der Waals surface area contributed by atoms with E-state index in [1.807, 2.05) is 6.08 Å². The van der Waals surface area contributed by atoms with Crippen molar-refractivity contribution in [2.45, 2.75) is 38.2 Å². The van der Waals surface area contributed by atoms with Crippen LogP contribution in [0.4, 0.5) is 0 Å². The van der Waals surface area contributed by atoms with Crippen molar-refractivity contribution in [1.29, 1.82) is 0 Å². The number of hydrogen-bond acceptors (Lipinski definition) is 4. The lowest BCUT2D eigenvalue weighted by Gasteiger charge is -2.52. The number of ether oxygens (including phenoxy) is 1. The first-order chi connectivity index (χ1) is 8.70. The van der Waals surface area contributed by atoms with Crippen molar-refractivity contribution in [3.8, 4) is 0 Å². The predicted octanol–water partition coefficient (Wildman–Crippen LogP) is 1.43. The maximum atomic E-state index is 12.6. The van der Waals surface area contributed by atoms with E-state index in [-0.39, 0.29) is 29.5 Å². The number of hydrogen-bond donors (Lipinski definition) is 0. The molecule has 4 aliphatic carbocycles. The summed E-state index contributed by atoms with van der Waals surface area (Å²) in [6, 6.07) is 0. The minimum absolute atomic E-state index is 0.0196. The second kappa shape index (κ2) is 4.04. The molecule has 0 saturated heterocycles. The number of allylic oxidation sites excluding steroid dienone is 2. The molecule has 0 heterocycles. The molecule has 4 heteroatoms. The van der Waals surface area contributed by atoms with Crippen molar-refractivity contribution in [2.75, 3.05) is 0 Å². The Morgan fingerprint density at radius 2 is 2.17 bits per heavy atom. The van der Waals surface area contributed by atoms with Crippen molar-refractivity contribution >= 4 is 18.0 Å². The van der Waals surface area contributed by atoms with Gasteiger partial charge in [0, 0.05) is 0 Å². The van der Waals surface area contributed by atoms with Crippen molar-refractivity contribution in [3.05, 3.63) is 12.2 Å². The van der Waals surface area contributed by atoms with E-state index in [4.69, 9.17) is 4.74 Å². The van der Waals surface area contributed by atoms with E-state index in [0.717, 1.165) is 19.3 Å². The highest BCUT2D eigenvalue weighted by molar-refractivity contribution is 6.14. The van der Waals surface area contributed by atoms with Crippen molar-refractivity contribution in [3.63, 3.8) is 0 Å². The Bertz CT molecular complexity index is 439. The average Bonchev–Trinajstić information content (AvgIpc) is 2.38. The summed E-state index contributed by atoms with van der Waals surface area (Å²) in [6.45, 7) is 0.425. The van der Waals surface area contributed by atoms with Gasteiger partial charge in [0.15, 0.2) is 11.6 Å². The first-order valence-corrected chi connectivity index (χ1v) is 6.54. The summed E-state index contributed by atoms with van der Waals surface area (Å²) in [5.41, 5.74) is -0.791. The van der Waals surface area contributed by atoms with Crippen molar-refractivity contribution in [2.24, 2.45) is 17.3 Å². The van der Waals surface area contributed by atoms with Crippen molar-refractivity contribution < 1.29 is 19.1 Å². The molecule has 4 rings (SSSR count). The van der Waals surface area contributed by atoms with Gasteiger partial charge in [0.05, 0.1) is 11.3 Å². The number of ketones is 2. The maximum absolute atomic E-state index is 12.6. The van der Waals surface area contributed by atoms with Gasteiger partial charge < -0.3 is 4.74 Å². The largest absolute Gasteiger partial charge is 0.464 e. The molecule has 96 valence electrons. The second-order valence-corrected chi connectivity index (χ2v) is 5.53. The summed E-state index contributed by atoms with van der Waals surface area (Å²) in [7, 11) is 0. The summed E-state index contributed by atoms with van der Waals surface area (Å²) >= 11 is 0. The molecule has 0 aromatic rings. The lowest BCUT2D eigenvalue weighted by Crippen LogP contribution is -2.59. The SMILES string of the molecule is O=CO[C@H]1C[C@@H]2CC[C@H]1C(=O)[C@@]21CCC=CC1=O. The van der Waals surface area contributed by atoms with Crippen LogP contribution in [-0.4, -0.2) is 24.1 Å². The van der Waals surface area contributed by atoms with Crippen LogP contribution >= 0.6 is 0 Å². The summed E-state index contributed by atoms with van der Waals surface area (Å²) in [6.07, 6.45) is 6.85. The maximum Gasteiger partial charge on any atom is 0.293 e. The van der Waals surface area contributed by atoms with Gasteiger partial charge in [0.25, 0.3) is 6.47 Å². The van der Waals surface area contributed by atoms with Crippen LogP contribution in [0.5, 0.6) is 0 Å². The normalized spacial score (nSPS) is 42.3. The summed E-state index contributed by atoms with van der Waals surface area (Å²) in [5, 5.41) is 0. The van der Waals surface area contributed by atoms with Crippen LogP contribution in [0.2, 0.25) is 0 Å². The van der Waals surface area contributed by atoms with E-state index in [0.29, 0.717) is 19.3 Å². The zero-order valence-electron chi connectivity index (χ0n) is 10.1. The Morgan fingerprint density at radius 3 is 2.83 bits per heavy atom. The number of fused-ring (bicyclic) bond motifs is 2. The molecule has 3 fully saturated rings. The van der Waals surface area contributed by atoms with Gasteiger partial charge in [-0.1, -0.05) is 6.08 Å². The summed E-state index contributed by atoms with van der Waals surface area (Å²) < 4.78 is 5.03. The van der Waals surface area contributed by atoms with Gasteiger partial charge in [0.2, 0.25) is 0 Å². The average molecular weight is 248 g/mol. The molecule has 3 saturated carbocycles. The summed E-state index contributed by atoms with van der Waals surface area (Å²) in [5.74, 6) is -0.225. The lowest BCUT2D eigenvalue weighted by molar-refractivity contribution is -0.169.